The zero-order valence-electron chi connectivity index (χ0n) is 13.6. The fourth-order valence-electron chi connectivity index (χ4n) is 2.89. The quantitative estimate of drug-likeness (QED) is 0.926. The van der Waals surface area contributed by atoms with Gasteiger partial charge in [-0.2, -0.15) is 0 Å². The molecule has 0 spiro atoms. The highest BCUT2D eigenvalue weighted by Crippen LogP contribution is 2.18. The van der Waals surface area contributed by atoms with Crippen LogP contribution in [0.15, 0.2) is 54.6 Å². The smallest absolute Gasteiger partial charge is 0.256 e. The van der Waals surface area contributed by atoms with Crippen LogP contribution in [0.5, 0.6) is 0 Å². The molecule has 3 rings (SSSR count). The second-order valence-electron chi connectivity index (χ2n) is 5.91. The van der Waals surface area contributed by atoms with Crippen molar-refractivity contribution >= 4 is 11.8 Å². The van der Waals surface area contributed by atoms with Gasteiger partial charge in [0.05, 0.1) is 5.56 Å². The van der Waals surface area contributed by atoms with Crippen LogP contribution < -0.4 is 0 Å². The minimum Gasteiger partial charge on any atom is -0.378 e. The third-order valence-electron chi connectivity index (χ3n) is 4.33. The van der Waals surface area contributed by atoms with Crippen molar-refractivity contribution in [1.29, 1.82) is 0 Å². The van der Waals surface area contributed by atoms with Crippen LogP contribution in [0.3, 0.4) is 0 Å². The molecule has 1 aliphatic rings. The van der Waals surface area contributed by atoms with Crippen molar-refractivity contribution in [1.82, 2.24) is 9.80 Å². The Morgan fingerprint density at radius 1 is 0.880 bits per heavy atom. The molecule has 6 heteroatoms. The average Bonchev–Trinajstić information content (AvgIpc) is 2.67. The van der Waals surface area contributed by atoms with Crippen LogP contribution in [0.4, 0.5) is 4.39 Å². The maximum atomic E-state index is 13.7. The van der Waals surface area contributed by atoms with Gasteiger partial charge in [-0.05, 0) is 17.7 Å². The van der Waals surface area contributed by atoms with Gasteiger partial charge in [-0.15, -0.1) is 0 Å². The van der Waals surface area contributed by atoms with Crippen LogP contribution in [0.25, 0.3) is 0 Å². The number of benzene rings is 2. The number of halogens is 1. The number of carbonyl (C=O) groups is 2. The number of aliphatic hydroxyl groups is 1. The zero-order chi connectivity index (χ0) is 17.8. The summed E-state index contributed by atoms with van der Waals surface area (Å²) in [4.78, 5) is 27.9. The molecule has 0 aromatic heterocycles. The predicted molar refractivity (Wildman–Crippen MR) is 90.3 cm³/mol. The van der Waals surface area contributed by atoms with Gasteiger partial charge in [-0.3, -0.25) is 9.59 Å². The van der Waals surface area contributed by atoms with E-state index in [-0.39, 0.29) is 17.4 Å². The van der Waals surface area contributed by atoms with Crippen molar-refractivity contribution in [2.45, 2.75) is 6.10 Å². The molecule has 1 unspecified atom stereocenters. The summed E-state index contributed by atoms with van der Waals surface area (Å²) in [7, 11) is 0. The lowest BCUT2D eigenvalue weighted by atomic mass is 10.1. The van der Waals surface area contributed by atoms with Gasteiger partial charge in [0.2, 0.25) is 0 Å². The Morgan fingerprint density at radius 3 is 2.08 bits per heavy atom. The number of hydrogen-bond acceptors (Lipinski definition) is 3. The molecule has 0 aliphatic carbocycles. The SMILES string of the molecule is O=C(c1ccccc1F)N1CCN(C(=O)C(O)c2ccccc2)CC1. The zero-order valence-corrected chi connectivity index (χ0v) is 13.6. The fraction of sp³-hybridized carbons (Fsp3) is 0.263. The van der Waals surface area contributed by atoms with Crippen LogP contribution >= 0.6 is 0 Å². The van der Waals surface area contributed by atoms with Gasteiger partial charge in [0, 0.05) is 26.2 Å². The standard InChI is InChI=1S/C19H19FN2O3/c20-16-9-5-4-8-15(16)18(24)21-10-12-22(13-11-21)19(25)17(23)14-6-2-1-3-7-14/h1-9,17,23H,10-13H2. The Balaban J connectivity index is 1.61. The largest absolute Gasteiger partial charge is 0.378 e. The highest BCUT2D eigenvalue weighted by atomic mass is 19.1. The Hall–Kier alpha value is -2.73. The van der Waals surface area contributed by atoms with E-state index >= 15 is 0 Å². The van der Waals surface area contributed by atoms with E-state index in [0.29, 0.717) is 31.7 Å². The molecule has 25 heavy (non-hydrogen) atoms. The second kappa shape index (κ2) is 7.44. The molecule has 130 valence electrons. The molecular weight excluding hydrogens is 323 g/mol. The van der Waals surface area contributed by atoms with Gasteiger partial charge < -0.3 is 14.9 Å². The van der Waals surface area contributed by atoms with E-state index in [4.69, 9.17) is 0 Å². The third kappa shape index (κ3) is 3.69. The molecule has 1 N–H and O–H groups in total. The molecule has 1 atom stereocenters. The number of rotatable bonds is 3. The summed E-state index contributed by atoms with van der Waals surface area (Å²) >= 11 is 0. The Kier molecular flexibility index (Phi) is 5.09. The van der Waals surface area contributed by atoms with Gasteiger partial charge in [0.15, 0.2) is 6.10 Å². The van der Waals surface area contributed by atoms with Gasteiger partial charge >= 0.3 is 0 Å². The summed E-state index contributed by atoms with van der Waals surface area (Å²) in [6, 6.07) is 14.6. The van der Waals surface area contributed by atoms with Crippen molar-refractivity contribution in [3.05, 3.63) is 71.5 Å². The van der Waals surface area contributed by atoms with Crippen LogP contribution in [0.2, 0.25) is 0 Å². The molecule has 0 saturated carbocycles. The van der Waals surface area contributed by atoms with Gasteiger partial charge in [-0.1, -0.05) is 42.5 Å². The normalized spacial score (nSPS) is 15.8. The molecule has 2 amide bonds. The first-order valence-corrected chi connectivity index (χ1v) is 8.13. The fourth-order valence-corrected chi connectivity index (χ4v) is 2.89. The summed E-state index contributed by atoms with van der Waals surface area (Å²) in [6.07, 6.45) is -1.21. The maximum Gasteiger partial charge on any atom is 0.256 e. The predicted octanol–water partition coefficient (Wildman–Crippen LogP) is 1.84. The van der Waals surface area contributed by atoms with E-state index < -0.39 is 11.9 Å². The number of carbonyl (C=O) groups excluding carboxylic acids is 2. The lowest BCUT2D eigenvalue weighted by Gasteiger charge is -2.35. The summed E-state index contributed by atoms with van der Waals surface area (Å²) in [5.74, 6) is -1.32. The summed E-state index contributed by atoms with van der Waals surface area (Å²) in [5, 5.41) is 10.2. The molecule has 2 aromatic carbocycles. The van der Waals surface area contributed by atoms with Crippen LogP contribution in [0, 0.1) is 5.82 Å². The minimum absolute atomic E-state index is 0.0339. The molecule has 5 nitrogen and oxygen atoms in total. The summed E-state index contributed by atoms with van der Waals surface area (Å²) < 4.78 is 13.7. The van der Waals surface area contributed by atoms with E-state index in [0.717, 1.165) is 0 Å². The average molecular weight is 342 g/mol. The lowest BCUT2D eigenvalue weighted by molar-refractivity contribution is -0.142. The first-order chi connectivity index (χ1) is 12.1. The molecule has 0 bridgehead atoms. The van der Waals surface area contributed by atoms with E-state index in [1.165, 1.54) is 28.0 Å². The van der Waals surface area contributed by atoms with Gasteiger partial charge in [-0.25, -0.2) is 4.39 Å². The highest BCUT2D eigenvalue weighted by molar-refractivity contribution is 5.94. The van der Waals surface area contributed by atoms with Crippen molar-refractivity contribution in [2.75, 3.05) is 26.2 Å². The number of nitrogens with zero attached hydrogens (tertiary/aromatic N) is 2. The van der Waals surface area contributed by atoms with Crippen molar-refractivity contribution in [3.8, 4) is 0 Å². The van der Waals surface area contributed by atoms with Gasteiger partial charge in [0.25, 0.3) is 11.8 Å². The Morgan fingerprint density at radius 2 is 1.44 bits per heavy atom. The number of aliphatic hydroxyl groups excluding tert-OH is 1. The molecule has 1 heterocycles. The maximum absolute atomic E-state index is 13.7. The molecule has 2 aromatic rings. The Bertz CT molecular complexity index is 758. The minimum atomic E-state index is -1.21. The lowest BCUT2D eigenvalue weighted by Crippen LogP contribution is -2.51. The van der Waals surface area contributed by atoms with Crippen molar-refractivity contribution in [2.24, 2.45) is 0 Å². The van der Waals surface area contributed by atoms with E-state index in [2.05, 4.69) is 0 Å². The second-order valence-corrected chi connectivity index (χ2v) is 5.91. The Labute approximate surface area is 145 Å². The van der Waals surface area contributed by atoms with Crippen molar-refractivity contribution < 1.29 is 19.1 Å². The van der Waals surface area contributed by atoms with Gasteiger partial charge in [0.1, 0.15) is 5.82 Å². The monoisotopic (exact) mass is 342 g/mol. The number of piperazine rings is 1. The topological polar surface area (TPSA) is 60.9 Å². The van der Waals surface area contributed by atoms with E-state index in [1.807, 2.05) is 6.07 Å². The first-order valence-electron chi connectivity index (χ1n) is 8.13. The summed E-state index contributed by atoms with van der Waals surface area (Å²) in [6.45, 7) is 1.23. The molecule has 1 aliphatic heterocycles. The summed E-state index contributed by atoms with van der Waals surface area (Å²) in [5.41, 5.74) is 0.573. The number of amides is 2. The van der Waals surface area contributed by atoms with Crippen molar-refractivity contribution in [3.63, 3.8) is 0 Å². The third-order valence-corrected chi connectivity index (χ3v) is 4.33. The molecule has 0 radical (unpaired) electrons. The highest BCUT2D eigenvalue weighted by Gasteiger charge is 2.29. The van der Waals surface area contributed by atoms with Crippen LogP contribution in [-0.4, -0.2) is 52.9 Å². The first kappa shape index (κ1) is 17.1. The van der Waals surface area contributed by atoms with E-state index in [9.17, 15) is 19.1 Å². The molecule has 1 saturated heterocycles. The molecule has 1 fully saturated rings. The molecular formula is C19H19FN2O3. The van der Waals surface area contributed by atoms with Crippen LogP contribution in [-0.2, 0) is 4.79 Å². The number of hydrogen-bond donors (Lipinski definition) is 1. The van der Waals surface area contributed by atoms with E-state index in [1.54, 1.807) is 30.3 Å². The van der Waals surface area contributed by atoms with Crippen LogP contribution in [0.1, 0.15) is 22.0 Å².